The summed E-state index contributed by atoms with van der Waals surface area (Å²) < 4.78 is 77.1. The predicted molar refractivity (Wildman–Crippen MR) is 213 cm³/mol. The molecule has 282 valence electrons. The zero-order valence-corrected chi connectivity index (χ0v) is 32.7. The lowest BCUT2D eigenvalue weighted by Gasteiger charge is -2.29. The summed E-state index contributed by atoms with van der Waals surface area (Å²) in [6.07, 6.45) is 6.27. The SMILES string of the molecule is CSc1cc2nc3c(nc2cc1SC)N(c1c(F)c(F)c(F)c(F)c1F)/C(=C/C=C1C(=O)c2cc4ccccc4cc2C1=O)N3c1c(C)c(C)c(C)c(C)c1C. The minimum atomic E-state index is -2.32. The molecular formula is C43H31F5N4O2S2. The number of Topliss-reactive ketones (excluding diaryl/α,β-unsaturated/α-hetero) is 2. The molecule has 8 rings (SSSR count). The highest BCUT2D eigenvalue weighted by molar-refractivity contribution is 8.01. The molecule has 5 aromatic carbocycles. The van der Waals surface area contributed by atoms with Gasteiger partial charge in [0.2, 0.25) is 5.82 Å². The molecule has 6 aromatic rings. The highest BCUT2D eigenvalue weighted by Gasteiger charge is 2.43. The summed E-state index contributed by atoms with van der Waals surface area (Å²) in [4.78, 5) is 41.7. The van der Waals surface area contributed by atoms with E-state index >= 15 is 17.6 Å². The van der Waals surface area contributed by atoms with Crippen LogP contribution in [0, 0.1) is 63.7 Å². The lowest BCUT2D eigenvalue weighted by atomic mass is 9.92. The molecule has 0 spiro atoms. The quantitative estimate of drug-likeness (QED) is 0.0427. The largest absolute Gasteiger partial charge is 0.288 e. The number of hydrogen-bond acceptors (Lipinski definition) is 8. The third kappa shape index (κ3) is 5.38. The number of benzene rings is 5. The van der Waals surface area contributed by atoms with Gasteiger partial charge in [-0.3, -0.25) is 19.4 Å². The number of thioether (sulfide) groups is 2. The first kappa shape index (κ1) is 37.4. The molecule has 2 heterocycles. The number of rotatable bonds is 5. The number of fused-ring (bicyclic) bond motifs is 4. The Kier molecular flexibility index (Phi) is 9.08. The molecule has 0 unspecified atom stereocenters. The van der Waals surface area contributed by atoms with Crippen LogP contribution in [0.1, 0.15) is 48.5 Å². The third-order valence-electron chi connectivity index (χ3n) is 10.9. The van der Waals surface area contributed by atoms with Gasteiger partial charge in [0.05, 0.1) is 22.3 Å². The summed E-state index contributed by atoms with van der Waals surface area (Å²) in [5.41, 5.74) is 4.30. The van der Waals surface area contributed by atoms with Crippen LogP contribution in [0.5, 0.6) is 0 Å². The zero-order valence-electron chi connectivity index (χ0n) is 31.1. The van der Waals surface area contributed by atoms with Gasteiger partial charge in [0, 0.05) is 20.9 Å². The van der Waals surface area contributed by atoms with E-state index in [1.54, 1.807) is 23.1 Å². The summed E-state index contributed by atoms with van der Waals surface area (Å²) in [6.45, 7) is 9.52. The van der Waals surface area contributed by atoms with Crippen molar-refractivity contribution in [1.29, 1.82) is 0 Å². The lowest BCUT2D eigenvalue weighted by Crippen LogP contribution is -2.26. The second-order valence-corrected chi connectivity index (χ2v) is 15.3. The molecule has 0 saturated carbocycles. The Bertz CT molecular complexity index is 2610. The molecule has 0 amide bonds. The molecule has 2 aliphatic rings. The van der Waals surface area contributed by atoms with Crippen LogP contribution >= 0.6 is 23.5 Å². The van der Waals surface area contributed by atoms with E-state index < -0.39 is 46.3 Å². The Labute approximate surface area is 327 Å². The molecule has 1 aliphatic heterocycles. The number of carbonyl (C=O) groups excluding carboxylic acids is 2. The van der Waals surface area contributed by atoms with Gasteiger partial charge in [-0.1, -0.05) is 24.3 Å². The van der Waals surface area contributed by atoms with Crippen molar-refractivity contribution >= 4 is 79.9 Å². The van der Waals surface area contributed by atoms with Gasteiger partial charge in [0.1, 0.15) is 11.5 Å². The van der Waals surface area contributed by atoms with Crippen LogP contribution in [0.25, 0.3) is 21.8 Å². The maximum Gasteiger partial charge on any atom is 0.200 e. The molecule has 0 bridgehead atoms. The zero-order chi connectivity index (χ0) is 40.1. The Morgan fingerprint density at radius 1 is 0.554 bits per heavy atom. The second kappa shape index (κ2) is 13.6. The molecule has 0 radical (unpaired) electrons. The predicted octanol–water partition coefficient (Wildman–Crippen LogP) is 11.6. The van der Waals surface area contributed by atoms with E-state index in [-0.39, 0.29) is 34.2 Å². The van der Waals surface area contributed by atoms with Gasteiger partial charge in [-0.15, -0.1) is 23.5 Å². The third-order valence-corrected chi connectivity index (χ3v) is 12.6. The normalized spacial score (nSPS) is 14.6. The average Bonchev–Trinajstić information content (AvgIpc) is 3.62. The summed E-state index contributed by atoms with van der Waals surface area (Å²) >= 11 is 2.93. The fraction of sp³-hybridized carbons (Fsp3) is 0.163. The number of nitrogens with zero attached hydrogens (tertiary/aromatic N) is 4. The van der Waals surface area contributed by atoms with E-state index in [9.17, 15) is 14.0 Å². The Morgan fingerprint density at radius 2 is 0.964 bits per heavy atom. The van der Waals surface area contributed by atoms with Crippen LogP contribution in [-0.4, -0.2) is 34.0 Å². The van der Waals surface area contributed by atoms with Crippen LogP contribution in [0.15, 0.2) is 81.9 Å². The van der Waals surface area contributed by atoms with Crippen molar-refractivity contribution in [2.75, 3.05) is 22.3 Å². The van der Waals surface area contributed by atoms with Crippen LogP contribution in [0.3, 0.4) is 0 Å². The van der Waals surface area contributed by atoms with Crippen molar-refractivity contribution in [2.24, 2.45) is 0 Å². The Hall–Kier alpha value is -5.53. The van der Waals surface area contributed by atoms with E-state index in [1.807, 2.05) is 77.5 Å². The molecule has 0 fully saturated rings. The number of aromatic nitrogens is 2. The van der Waals surface area contributed by atoms with Gasteiger partial charge >= 0.3 is 0 Å². The fourth-order valence-electron chi connectivity index (χ4n) is 7.50. The number of carbonyl (C=O) groups is 2. The van der Waals surface area contributed by atoms with E-state index in [0.29, 0.717) is 16.7 Å². The van der Waals surface area contributed by atoms with E-state index in [2.05, 4.69) is 0 Å². The highest BCUT2D eigenvalue weighted by Crippen LogP contribution is 2.53. The Balaban J connectivity index is 1.48. The monoisotopic (exact) mass is 794 g/mol. The molecule has 6 nitrogen and oxygen atoms in total. The van der Waals surface area contributed by atoms with Gasteiger partial charge in [0.15, 0.2) is 46.5 Å². The van der Waals surface area contributed by atoms with Gasteiger partial charge in [-0.25, -0.2) is 31.9 Å². The fourth-order valence-corrected chi connectivity index (χ4v) is 8.97. The summed E-state index contributed by atoms with van der Waals surface area (Å²) in [5.74, 6) is -12.4. The maximum absolute atomic E-state index is 16.1. The summed E-state index contributed by atoms with van der Waals surface area (Å²) in [7, 11) is 0. The molecule has 0 saturated heterocycles. The van der Waals surface area contributed by atoms with Gasteiger partial charge in [-0.05, 0) is 122 Å². The van der Waals surface area contributed by atoms with Crippen LogP contribution < -0.4 is 9.80 Å². The summed E-state index contributed by atoms with van der Waals surface area (Å²) in [6, 6.07) is 14.1. The van der Waals surface area contributed by atoms with Crippen molar-refractivity contribution in [3.8, 4) is 0 Å². The second-order valence-electron chi connectivity index (χ2n) is 13.6. The van der Waals surface area contributed by atoms with Gasteiger partial charge in [-0.2, -0.15) is 0 Å². The lowest BCUT2D eigenvalue weighted by molar-refractivity contribution is 0.0988. The molecule has 0 atom stereocenters. The van der Waals surface area contributed by atoms with Crippen molar-refractivity contribution in [3.63, 3.8) is 0 Å². The van der Waals surface area contributed by atoms with Crippen molar-refractivity contribution in [2.45, 2.75) is 44.4 Å². The van der Waals surface area contributed by atoms with Gasteiger partial charge in [0.25, 0.3) is 0 Å². The van der Waals surface area contributed by atoms with Crippen molar-refractivity contribution in [3.05, 3.63) is 140 Å². The maximum atomic E-state index is 16.1. The van der Waals surface area contributed by atoms with Crippen molar-refractivity contribution < 1.29 is 31.5 Å². The Morgan fingerprint density at radius 3 is 1.41 bits per heavy atom. The number of anilines is 4. The van der Waals surface area contributed by atoms with Crippen LogP contribution in [0.4, 0.5) is 45.0 Å². The van der Waals surface area contributed by atoms with E-state index in [0.717, 1.165) is 53.3 Å². The molecular weight excluding hydrogens is 764 g/mol. The standard InChI is InChI=1S/C43H31F5N4O2S2/c1-18-19(2)21(4)38(22(5)20(18)3)51-32(13-12-25-40(53)26-14-23-10-8-9-11-24(23)15-27(26)41(25)54)52(39-36(47)34(45)33(44)35(46)37(39)48)43-42(51)49-28-16-30(55-6)31(56-7)17-29(28)50-43/h8-17H,1-7H3/b32-13+. The number of ketones is 2. The smallest absolute Gasteiger partial charge is 0.200 e. The molecule has 1 aromatic heterocycles. The minimum absolute atomic E-state index is 0.0301. The van der Waals surface area contributed by atoms with Gasteiger partial charge < -0.3 is 0 Å². The minimum Gasteiger partial charge on any atom is -0.288 e. The van der Waals surface area contributed by atoms with Crippen molar-refractivity contribution in [1.82, 2.24) is 9.97 Å². The molecule has 0 N–H and O–H groups in total. The molecule has 1 aliphatic carbocycles. The van der Waals surface area contributed by atoms with Crippen LogP contribution in [0.2, 0.25) is 0 Å². The molecule has 13 heteroatoms. The first-order chi connectivity index (χ1) is 26.7. The van der Waals surface area contributed by atoms with E-state index in [4.69, 9.17) is 9.97 Å². The first-order valence-electron chi connectivity index (χ1n) is 17.4. The average molecular weight is 795 g/mol. The molecule has 56 heavy (non-hydrogen) atoms. The topological polar surface area (TPSA) is 66.4 Å². The number of halogens is 5. The van der Waals surface area contributed by atoms with Crippen LogP contribution in [-0.2, 0) is 0 Å². The first-order valence-corrected chi connectivity index (χ1v) is 19.8. The number of allylic oxidation sites excluding steroid dienone is 3. The van der Waals surface area contributed by atoms with E-state index in [1.165, 1.54) is 35.7 Å². The summed E-state index contributed by atoms with van der Waals surface area (Å²) in [5, 5.41) is 1.49. The highest BCUT2D eigenvalue weighted by atomic mass is 32.2. The number of hydrogen-bond donors (Lipinski definition) is 0.